The lowest BCUT2D eigenvalue weighted by Gasteiger charge is -2.18. The van der Waals surface area contributed by atoms with Gasteiger partial charge >= 0.3 is 17.9 Å². The van der Waals surface area contributed by atoms with Crippen molar-refractivity contribution in [2.24, 2.45) is 0 Å². The van der Waals surface area contributed by atoms with E-state index in [1.807, 2.05) is 0 Å². The lowest BCUT2D eigenvalue weighted by Crippen LogP contribution is -2.30. The number of hydrogen-bond acceptors (Lipinski definition) is 6. The molecular weight excluding hydrogens is 997 g/mol. The molecule has 0 spiro atoms. The molecule has 0 bridgehead atoms. The fourth-order valence-corrected chi connectivity index (χ4v) is 10.2. The van der Waals surface area contributed by atoms with Gasteiger partial charge in [0.2, 0.25) is 0 Å². The van der Waals surface area contributed by atoms with Crippen molar-refractivity contribution in [3.8, 4) is 0 Å². The van der Waals surface area contributed by atoms with Crippen molar-refractivity contribution in [1.29, 1.82) is 0 Å². The lowest BCUT2D eigenvalue weighted by molar-refractivity contribution is -0.167. The molecule has 0 aromatic carbocycles. The standard InChI is InChI=1S/C75H132O6/c1-4-7-10-13-16-19-22-24-26-28-30-32-34-35-36-37-38-39-40-41-42-44-45-47-49-51-53-56-59-62-65-68-74(77)80-71-72(70-79-73(76)67-64-61-58-55-21-18-15-12-9-6-3)81-75(78)69-66-63-60-57-54-52-50-48-46-43-33-31-29-27-25-23-20-17-14-11-8-5-2/h7,10,12,15-16,19,24,26,30,32,35-36,38-39,72H,4-6,8-9,11,13-14,17-18,20-23,25,27-29,31,33-34,37,40-71H2,1-3H3/b10-7-,15-12-,19-16-,26-24-,32-30-,36-35-,39-38-. The largest absolute Gasteiger partial charge is 0.462 e. The van der Waals surface area contributed by atoms with Gasteiger partial charge in [-0.1, -0.05) is 331 Å². The molecule has 0 heterocycles. The molecule has 81 heavy (non-hydrogen) atoms. The van der Waals surface area contributed by atoms with Crippen LogP contribution in [0.1, 0.15) is 355 Å². The van der Waals surface area contributed by atoms with E-state index in [0.29, 0.717) is 19.3 Å². The fourth-order valence-electron chi connectivity index (χ4n) is 10.2. The van der Waals surface area contributed by atoms with E-state index >= 15 is 0 Å². The highest BCUT2D eigenvalue weighted by Gasteiger charge is 2.19. The zero-order chi connectivity index (χ0) is 58.5. The van der Waals surface area contributed by atoms with Gasteiger partial charge in [0, 0.05) is 19.3 Å². The first-order valence-corrected chi connectivity index (χ1v) is 35.1. The molecule has 0 aliphatic carbocycles. The van der Waals surface area contributed by atoms with Crippen molar-refractivity contribution in [3.05, 3.63) is 85.1 Å². The first kappa shape index (κ1) is 77.6. The molecule has 6 heteroatoms. The van der Waals surface area contributed by atoms with Gasteiger partial charge in [-0.15, -0.1) is 0 Å². The van der Waals surface area contributed by atoms with Gasteiger partial charge in [0.05, 0.1) is 0 Å². The highest BCUT2D eigenvalue weighted by Crippen LogP contribution is 2.18. The smallest absolute Gasteiger partial charge is 0.306 e. The molecule has 0 fully saturated rings. The maximum absolute atomic E-state index is 12.9. The maximum Gasteiger partial charge on any atom is 0.306 e. The number of esters is 3. The summed E-state index contributed by atoms with van der Waals surface area (Å²) in [6, 6.07) is 0. The van der Waals surface area contributed by atoms with E-state index in [1.54, 1.807) is 0 Å². The fraction of sp³-hybridized carbons (Fsp3) is 0.773. The summed E-state index contributed by atoms with van der Waals surface area (Å²) in [5, 5.41) is 0. The minimum Gasteiger partial charge on any atom is -0.462 e. The van der Waals surface area contributed by atoms with Crippen LogP contribution in [0.15, 0.2) is 85.1 Å². The van der Waals surface area contributed by atoms with Gasteiger partial charge in [-0.2, -0.15) is 0 Å². The molecule has 1 unspecified atom stereocenters. The molecule has 0 aromatic heterocycles. The van der Waals surface area contributed by atoms with Crippen LogP contribution in [0.25, 0.3) is 0 Å². The lowest BCUT2D eigenvalue weighted by atomic mass is 10.0. The zero-order valence-corrected chi connectivity index (χ0v) is 53.8. The predicted molar refractivity (Wildman–Crippen MR) is 353 cm³/mol. The monoisotopic (exact) mass is 1130 g/mol. The summed E-state index contributed by atoms with van der Waals surface area (Å²) >= 11 is 0. The van der Waals surface area contributed by atoms with E-state index in [1.165, 1.54) is 205 Å². The van der Waals surface area contributed by atoms with Crippen LogP contribution in [0.4, 0.5) is 0 Å². The third kappa shape index (κ3) is 67.3. The van der Waals surface area contributed by atoms with E-state index in [0.717, 1.165) is 109 Å². The third-order valence-corrected chi connectivity index (χ3v) is 15.4. The summed E-state index contributed by atoms with van der Waals surface area (Å²) in [7, 11) is 0. The molecule has 0 amide bonds. The quantitative estimate of drug-likeness (QED) is 0.0261. The Hall–Kier alpha value is -3.41. The van der Waals surface area contributed by atoms with Crippen LogP contribution in [0.2, 0.25) is 0 Å². The Morgan fingerprint density at radius 1 is 0.259 bits per heavy atom. The summed E-state index contributed by atoms with van der Waals surface area (Å²) in [6.45, 7) is 6.51. The molecule has 0 saturated heterocycles. The average molecular weight is 1130 g/mol. The van der Waals surface area contributed by atoms with E-state index in [4.69, 9.17) is 14.2 Å². The van der Waals surface area contributed by atoms with Crippen LogP contribution in [-0.4, -0.2) is 37.2 Å². The molecule has 0 aromatic rings. The van der Waals surface area contributed by atoms with Crippen LogP contribution in [0.5, 0.6) is 0 Å². The molecule has 1 atom stereocenters. The van der Waals surface area contributed by atoms with Gasteiger partial charge in [0.25, 0.3) is 0 Å². The minimum absolute atomic E-state index is 0.0760. The van der Waals surface area contributed by atoms with Gasteiger partial charge < -0.3 is 14.2 Å². The van der Waals surface area contributed by atoms with Crippen LogP contribution in [0.3, 0.4) is 0 Å². The predicted octanol–water partition coefficient (Wildman–Crippen LogP) is 24.2. The first-order chi connectivity index (χ1) is 40.0. The second-order valence-electron chi connectivity index (χ2n) is 23.4. The second kappa shape index (κ2) is 69.1. The van der Waals surface area contributed by atoms with Gasteiger partial charge in [-0.05, 0) is 89.9 Å². The molecule has 0 aliphatic heterocycles. The van der Waals surface area contributed by atoms with Gasteiger partial charge in [0.15, 0.2) is 6.10 Å². The molecular formula is C75H132O6. The first-order valence-electron chi connectivity index (χ1n) is 35.1. The van der Waals surface area contributed by atoms with E-state index < -0.39 is 6.10 Å². The van der Waals surface area contributed by atoms with E-state index in [9.17, 15) is 14.4 Å². The van der Waals surface area contributed by atoms with Crippen molar-refractivity contribution in [2.75, 3.05) is 13.2 Å². The highest BCUT2D eigenvalue weighted by molar-refractivity contribution is 5.71. The third-order valence-electron chi connectivity index (χ3n) is 15.4. The minimum atomic E-state index is -0.778. The zero-order valence-electron chi connectivity index (χ0n) is 53.8. The Bertz CT molecular complexity index is 1530. The van der Waals surface area contributed by atoms with Crippen molar-refractivity contribution >= 4 is 17.9 Å². The number of ether oxygens (including phenoxy) is 3. The molecule has 0 rings (SSSR count). The van der Waals surface area contributed by atoms with Crippen LogP contribution < -0.4 is 0 Å². The number of rotatable bonds is 64. The van der Waals surface area contributed by atoms with Crippen molar-refractivity contribution in [3.63, 3.8) is 0 Å². The number of unbranched alkanes of at least 4 members (excludes halogenated alkanes) is 39. The molecule has 0 aliphatic rings. The molecule has 6 nitrogen and oxygen atoms in total. The topological polar surface area (TPSA) is 78.9 Å². The SMILES string of the molecule is CC/C=C\C/C=C\C/C=C\C/C=C\C/C=C\C/C=C\CCCCCCCCCCCCCCC(=O)OCC(COC(=O)CCCCCCC/C=C\CCC)OC(=O)CCCCCCCCCCCCCCCCCCCCCCCC. The molecule has 0 saturated carbocycles. The van der Waals surface area contributed by atoms with Gasteiger partial charge in [0.1, 0.15) is 13.2 Å². The Balaban J connectivity index is 4.16. The summed E-state index contributed by atoms with van der Waals surface area (Å²) in [4.78, 5) is 38.3. The average Bonchev–Trinajstić information content (AvgIpc) is 3.47. The van der Waals surface area contributed by atoms with Crippen molar-refractivity contribution in [1.82, 2.24) is 0 Å². The molecule has 0 N–H and O–H groups in total. The Labute approximate surface area is 503 Å². The Morgan fingerprint density at radius 2 is 0.506 bits per heavy atom. The Morgan fingerprint density at radius 3 is 0.815 bits per heavy atom. The van der Waals surface area contributed by atoms with E-state index in [2.05, 4.69) is 106 Å². The van der Waals surface area contributed by atoms with Gasteiger partial charge in [-0.3, -0.25) is 14.4 Å². The molecule has 0 radical (unpaired) electrons. The summed E-state index contributed by atoms with van der Waals surface area (Å²) in [5.74, 6) is -0.870. The van der Waals surface area contributed by atoms with E-state index in [-0.39, 0.29) is 31.1 Å². The summed E-state index contributed by atoms with van der Waals surface area (Å²) in [6.07, 6.45) is 91.9. The van der Waals surface area contributed by atoms with Crippen molar-refractivity contribution in [2.45, 2.75) is 361 Å². The number of carbonyl (C=O) groups excluding carboxylic acids is 3. The van der Waals surface area contributed by atoms with Crippen LogP contribution in [0, 0.1) is 0 Å². The number of allylic oxidation sites excluding steroid dienone is 14. The summed E-state index contributed by atoms with van der Waals surface area (Å²) < 4.78 is 16.9. The van der Waals surface area contributed by atoms with Crippen LogP contribution >= 0.6 is 0 Å². The number of carbonyl (C=O) groups is 3. The second-order valence-corrected chi connectivity index (χ2v) is 23.4. The number of hydrogen-bond donors (Lipinski definition) is 0. The summed E-state index contributed by atoms with van der Waals surface area (Å²) in [5.41, 5.74) is 0. The van der Waals surface area contributed by atoms with Gasteiger partial charge in [-0.25, -0.2) is 0 Å². The highest BCUT2D eigenvalue weighted by atomic mass is 16.6. The molecule has 468 valence electrons. The normalized spacial score (nSPS) is 12.6. The Kier molecular flexibility index (Phi) is 66.2. The van der Waals surface area contributed by atoms with Crippen molar-refractivity contribution < 1.29 is 28.6 Å². The maximum atomic E-state index is 12.9. The van der Waals surface area contributed by atoms with Crippen LogP contribution in [-0.2, 0) is 28.6 Å².